The van der Waals surface area contributed by atoms with Gasteiger partial charge in [-0.2, -0.15) is 0 Å². The van der Waals surface area contributed by atoms with Gasteiger partial charge >= 0.3 is 0 Å². The average Bonchev–Trinajstić information content (AvgIpc) is 2.99. The molecular formula is C20H29NO3. The van der Waals surface area contributed by atoms with Crippen LogP contribution in [0.1, 0.15) is 44.3 Å². The third-order valence-corrected chi connectivity index (χ3v) is 4.29. The first-order chi connectivity index (χ1) is 11.3. The van der Waals surface area contributed by atoms with Crippen molar-refractivity contribution in [3.8, 4) is 11.5 Å². The third kappa shape index (κ3) is 4.78. The van der Waals surface area contributed by atoms with Crippen molar-refractivity contribution in [1.82, 2.24) is 5.32 Å². The van der Waals surface area contributed by atoms with E-state index in [1.165, 1.54) is 0 Å². The van der Waals surface area contributed by atoms with E-state index in [2.05, 4.69) is 32.2 Å². The molecule has 0 saturated heterocycles. The molecular weight excluding hydrogens is 302 g/mol. The highest BCUT2D eigenvalue weighted by Crippen LogP contribution is 2.30. The van der Waals surface area contributed by atoms with Crippen molar-refractivity contribution < 1.29 is 13.9 Å². The molecule has 1 aromatic carbocycles. The molecule has 1 N–H and O–H groups in total. The van der Waals surface area contributed by atoms with Crippen LogP contribution in [0.3, 0.4) is 0 Å². The van der Waals surface area contributed by atoms with Crippen molar-refractivity contribution in [2.24, 2.45) is 0 Å². The van der Waals surface area contributed by atoms with Crippen molar-refractivity contribution in [3.63, 3.8) is 0 Å². The van der Waals surface area contributed by atoms with E-state index in [0.717, 1.165) is 41.5 Å². The van der Waals surface area contributed by atoms with Gasteiger partial charge in [0.1, 0.15) is 23.0 Å². The molecule has 0 fully saturated rings. The summed E-state index contributed by atoms with van der Waals surface area (Å²) in [5.41, 5.74) is 1.14. The number of nitrogens with one attached hydrogen (secondary N) is 1. The van der Waals surface area contributed by atoms with Gasteiger partial charge in [0.25, 0.3) is 0 Å². The minimum Gasteiger partial charge on any atom is -0.497 e. The van der Waals surface area contributed by atoms with Crippen LogP contribution in [0.25, 0.3) is 0 Å². The first kappa shape index (κ1) is 18.4. The number of furan rings is 1. The summed E-state index contributed by atoms with van der Waals surface area (Å²) in [6.07, 6.45) is 0.987. The largest absolute Gasteiger partial charge is 0.497 e. The third-order valence-electron chi connectivity index (χ3n) is 4.29. The fraction of sp³-hybridized carbons (Fsp3) is 0.500. The molecule has 1 heterocycles. The fourth-order valence-electron chi connectivity index (χ4n) is 3.00. The summed E-state index contributed by atoms with van der Waals surface area (Å²) >= 11 is 0. The van der Waals surface area contributed by atoms with E-state index in [-0.39, 0.29) is 5.41 Å². The first-order valence-electron chi connectivity index (χ1n) is 8.36. The molecule has 0 spiro atoms. The number of aryl methyl sites for hydroxylation is 1. The molecule has 1 atom stereocenters. The lowest BCUT2D eigenvalue weighted by Gasteiger charge is -2.27. The zero-order valence-corrected chi connectivity index (χ0v) is 15.6. The molecule has 4 nitrogen and oxygen atoms in total. The molecule has 0 amide bonds. The first-order valence-corrected chi connectivity index (χ1v) is 8.36. The van der Waals surface area contributed by atoms with Crippen molar-refractivity contribution in [1.29, 1.82) is 0 Å². The standard InChI is InChI=1S/C20H29NO3/c1-14(12-20(3,4)19-8-7-15(2)24-19)21-13-16-9-17(22-5)11-18(10-16)23-6/h7-11,14,21H,12-13H2,1-6H3/t14-/m1/s1. The Bertz CT molecular complexity index is 638. The minimum absolute atomic E-state index is 0.00720. The Morgan fingerprint density at radius 1 is 1.08 bits per heavy atom. The second kappa shape index (κ2) is 7.75. The SMILES string of the molecule is COc1cc(CN[C@H](C)CC(C)(C)c2ccc(C)o2)cc(OC)c1. The number of ether oxygens (including phenoxy) is 2. The normalized spacial score (nSPS) is 12.9. The van der Waals surface area contributed by atoms with Crippen LogP contribution < -0.4 is 14.8 Å². The average molecular weight is 331 g/mol. The number of hydrogen-bond acceptors (Lipinski definition) is 4. The summed E-state index contributed by atoms with van der Waals surface area (Å²) in [6, 6.07) is 10.4. The smallest absolute Gasteiger partial charge is 0.122 e. The highest BCUT2D eigenvalue weighted by Gasteiger charge is 2.26. The Balaban J connectivity index is 1.96. The van der Waals surface area contributed by atoms with Gasteiger partial charge in [0.2, 0.25) is 0 Å². The Labute approximate surface area is 145 Å². The molecule has 132 valence electrons. The zero-order chi connectivity index (χ0) is 17.7. The topological polar surface area (TPSA) is 43.6 Å². The van der Waals surface area contributed by atoms with Crippen molar-refractivity contribution in [2.75, 3.05) is 14.2 Å². The highest BCUT2D eigenvalue weighted by atomic mass is 16.5. The number of benzene rings is 1. The molecule has 0 saturated carbocycles. The summed E-state index contributed by atoms with van der Waals surface area (Å²) < 4.78 is 16.5. The Morgan fingerprint density at radius 2 is 1.71 bits per heavy atom. The van der Waals surface area contributed by atoms with E-state index < -0.39 is 0 Å². The van der Waals surface area contributed by atoms with Crippen LogP contribution in [0.2, 0.25) is 0 Å². The van der Waals surface area contributed by atoms with Gasteiger partial charge in [-0.15, -0.1) is 0 Å². The maximum Gasteiger partial charge on any atom is 0.122 e. The molecule has 0 bridgehead atoms. The van der Waals surface area contributed by atoms with Gasteiger partial charge in [-0.1, -0.05) is 13.8 Å². The maximum absolute atomic E-state index is 5.81. The number of hydrogen-bond donors (Lipinski definition) is 1. The summed E-state index contributed by atoms with van der Waals surface area (Å²) in [7, 11) is 3.34. The number of rotatable bonds is 8. The predicted octanol–water partition coefficient (Wildman–Crippen LogP) is 4.45. The molecule has 24 heavy (non-hydrogen) atoms. The molecule has 1 aromatic heterocycles. The predicted molar refractivity (Wildman–Crippen MR) is 96.9 cm³/mol. The van der Waals surface area contributed by atoms with Gasteiger partial charge in [0.05, 0.1) is 14.2 Å². The van der Waals surface area contributed by atoms with Crippen LogP contribution in [-0.2, 0) is 12.0 Å². The Kier molecular flexibility index (Phi) is 5.94. The summed E-state index contributed by atoms with van der Waals surface area (Å²) in [5.74, 6) is 3.62. The maximum atomic E-state index is 5.81. The van der Waals surface area contributed by atoms with Crippen LogP contribution >= 0.6 is 0 Å². The molecule has 0 aliphatic carbocycles. The van der Waals surface area contributed by atoms with Gasteiger partial charge in [-0.3, -0.25) is 0 Å². The molecule has 0 radical (unpaired) electrons. The highest BCUT2D eigenvalue weighted by molar-refractivity contribution is 5.38. The Morgan fingerprint density at radius 3 is 2.21 bits per heavy atom. The van der Waals surface area contributed by atoms with Crippen LogP contribution in [-0.4, -0.2) is 20.3 Å². The number of methoxy groups -OCH3 is 2. The summed E-state index contributed by atoms with van der Waals surface area (Å²) in [6.45, 7) is 9.39. The summed E-state index contributed by atoms with van der Waals surface area (Å²) in [5, 5.41) is 3.58. The second-order valence-electron chi connectivity index (χ2n) is 7.00. The lowest BCUT2D eigenvalue weighted by molar-refractivity contribution is 0.319. The van der Waals surface area contributed by atoms with Gasteiger partial charge in [-0.25, -0.2) is 0 Å². The van der Waals surface area contributed by atoms with E-state index in [1.54, 1.807) is 14.2 Å². The van der Waals surface area contributed by atoms with Gasteiger partial charge in [-0.05, 0) is 50.1 Å². The molecule has 0 aliphatic heterocycles. The van der Waals surface area contributed by atoms with E-state index in [4.69, 9.17) is 13.9 Å². The lowest BCUT2D eigenvalue weighted by atomic mass is 9.83. The van der Waals surface area contributed by atoms with E-state index >= 15 is 0 Å². The van der Waals surface area contributed by atoms with E-state index in [1.807, 2.05) is 31.2 Å². The molecule has 4 heteroatoms. The van der Waals surface area contributed by atoms with Gasteiger partial charge < -0.3 is 19.2 Å². The fourth-order valence-corrected chi connectivity index (χ4v) is 3.00. The Hall–Kier alpha value is -1.94. The molecule has 0 unspecified atom stereocenters. The van der Waals surface area contributed by atoms with Gasteiger partial charge in [0.15, 0.2) is 0 Å². The molecule has 2 aromatic rings. The quantitative estimate of drug-likeness (QED) is 0.776. The van der Waals surface area contributed by atoms with Crippen LogP contribution in [0.15, 0.2) is 34.7 Å². The van der Waals surface area contributed by atoms with Crippen LogP contribution in [0.5, 0.6) is 11.5 Å². The van der Waals surface area contributed by atoms with Gasteiger partial charge in [0, 0.05) is 24.1 Å². The molecule has 0 aliphatic rings. The van der Waals surface area contributed by atoms with E-state index in [0.29, 0.717) is 6.04 Å². The van der Waals surface area contributed by atoms with Crippen molar-refractivity contribution in [3.05, 3.63) is 47.4 Å². The lowest BCUT2D eigenvalue weighted by Crippen LogP contribution is -2.32. The van der Waals surface area contributed by atoms with E-state index in [9.17, 15) is 0 Å². The summed E-state index contributed by atoms with van der Waals surface area (Å²) in [4.78, 5) is 0. The zero-order valence-electron chi connectivity index (χ0n) is 15.6. The minimum atomic E-state index is -0.00720. The molecule has 2 rings (SSSR count). The van der Waals surface area contributed by atoms with Crippen molar-refractivity contribution >= 4 is 0 Å². The van der Waals surface area contributed by atoms with Crippen molar-refractivity contribution in [2.45, 2.75) is 52.1 Å². The second-order valence-corrected chi connectivity index (χ2v) is 7.00. The monoisotopic (exact) mass is 331 g/mol. The van der Waals surface area contributed by atoms with Crippen LogP contribution in [0.4, 0.5) is 0 Å². The van der Waals surface area contributed by atoms with Crippen LogP contribution in [0, 0.1) is 6.92 Å².